The van der Waals surface area contributed by atoms with E-state index in [0.717, 1.165) is 16.8 Å². The molecular weight excluding hydrogens is 472 g/mol. The minimum atomic E-state index is -0.992. The number of likely N-dealkylation sites (N-methyl/N-ethyl adjacent to an activating group) is 1. The van der Waals surface area contributed by atoms with Crippen molar-refractivity contribution >= 4 is 34.6 Å². The van der Waals surface area contributed by atoms with Crippen LogP contribution in [0.3, 0.4) is 0 Å². The van der Waals surface area contributed by atoms with Crippen molar-refractivity contribution in [3.05, 3.63) is 71.9 Å². The fraction of sp³-hybridized carbons (Fsp3) is 0.308. The standard InChI is InChI=1S/C26H27F2N3O5/c1-31(23(32)13-12-17-8-4-10-21(27)25(17)28)20(9-5-11-24(33)34)16-36-26(35)30-22-14-18-6-2-3-7-19(18)15-29-22/h2-4,6-8,10,14-15,20H,5,9,11-13,16H2,1H3,(H,33,34)(H,29,30,35)/t20-/m0/s1. The lowest BCUT2D eigenvalue weighted by molar-refractivity contribution is -0.137. The highest BCUT2D eigenvalue weighted by atomic mass is 19.2. The number of carboxylic acid groups (broad SMARTS) is 1. The van der Waals surface area contributed by atoms with Gasteiger partial charge in [0.15, 0.2) is 11.6 Å². The minimum Gasteiger partial charge on any atom is -0.481 e. The van der Waals surface area contributed by atoms with Crippen LogP contribution in [0, 0.1) is 11.6 Å². The molecule has 0 aliphatic heterocycles. The fourth-order valence-electron chi connectivity index (χ4n) is 3.71. The molecular formula is C26H27F2N3O5. The van der Waals surface area contributed by atoms with Crippen molar-refractivity contribution in [3.63, 3.8) is 0 Å². The number of carbonyl (C=O) groups is 3. The van der Waals surface area contributed by atoms with Gasteiger partial charge >= 0.3 is 12.1 Å². The number of nitrogens with zero attached hydrogens (tertiary/aromatic N) is 2. The average Bonchev–Trinajstić information content (AvgIpc) is 2.86. The van der Waals surface area contributed by atoms with Gasteiger partial charge in [-0.05, 0) is 42.3 Å². The van der Waals surface area contributed by atoms with Gasteiger partial charge < -0.3 is 14.7 Å². The number of nitrogens with one attached hydrogen (secondary N) is 1. The number of aryl methyl sites for hydroxylation is 1. The average molecular weight is 500 g/mol. The molecule has 2 aromatic carbocycles. The summed E-state index contributed by atoms with van der Waals surface area (Å²) < 4.78 is 32.6. The van der Waals surface area contributed by atoms with Gasteiger partial charge in [0, 0.05) is 31.5 Å². The first-order chi connectivity index (χ1) is 17.2. The van der Waals surface area contributed by atoms with E-state index >= 15 is 0 Å². The number of benzene rings is 2. The fourth-order valence-corrected chi connectivity index (χ4v) is 3.71. The molecule has 8 nitrogen and oxygen atoms in total. The van der Waals surface area contributed by atoms with Crippen LogP contribution in [0.4, 0.5) is 19.4 Å². The Morgan fingerprint density at radius 3 is 2.58 bits per heavy atom. The van der Waals surface area contributed by atoms with Gasteiger partial charge in [-0.3, -0.25) is 14.9 Å². The van der Waals surface area contributed by atoms with E-state index < -0.39 is 29.7 Å². The van der Waals surface area contributed by atoms with Gasteiger partial charge in [-0.2, -0.15) is 0 Å². The Balaban J connectivity index is 1.59. The molecule has 3 rings (SSSR count). The smallest absolute Gasteiger partial charge is 0.412 e. The van der Waals surface area contributed by atoms with E-state index in [4.69, 9.17) is 9.84 Å². The summed E-state index contributed by atoms with van der Waals surface area (Å²) in [5.41, 5.74) is 0.0812. The summed E-state index contributed by atoms with van der Waals surface area (Å²) in [4.78, 5) is 41.5. The first-order valence-corrected chi connectivity index (χ1v) is 11.4. The Bertz CT molecular complexity index is 1240. The monoisotopic (exact) mass is 499 g/mol. The number of aliphatic carboxylic acids is 1. The molecule has 0 radical (unpaired) electrons. The van der Waals surface area contributed by atoms with Crippen molar-refractivity contribution in [2.45, 2.75) is 38.1 Å². The summed E-state index contributed by atoms with van der Waals surface area (Å²) in [6.45, 7) is -0.185. The SMILES string of the molecule is CN(C(=O)CCc1cccc(F)c1F)[C@@H](CCCC(=O)O)COC(=O)Nc1cc2ccccc2cn1. The molecule has 36 heavy (non-hydrogen) atoms. The Labute approximate surface area is 206 Å². The molecule has 1 heterocycles. The molecule has 0 fully saturated rings. The molecule has 0 aliphatic carbocycles. The third-order valence-corrected chi connectivity index (χ3v) is 5.78. The normalized spacial score (nSPS) is 11.6. The third kappa shape index (κ3) is 7.46. The number of carboxylic acids is 1. The molecule has 2 amide bonds. The van der Waals surface area contributed by atoms with E-state index in [0.29, 0.717) is 5.82 Å². The van der Waals surface area contributed by atoms with E-state index in [2.05, 4.69) is 10.3 Å². The van der Waals surface area contributed by atoms with E-state index in [9.17, 15) is 23.2 Å². The first-order valence-electron chi connectivity index (χ1n) is 11.4. The van der Waals surface area contributed by atoms with E-state index in [1.807, 2.05) is 24.3 Å². The van der Waals surface area contributed by atoms with Crippen LogP contribution in [0.2, 0.25) is 0 Å². The molecule has 190 valence electrons. The Morgan fingerprint density at radius 2 is 1.83 bits per heavy atom. The number of halogens is 2. The summed E-state index contributed by atoms with van der Waals surface area (Å²) in [6.07, 6.45) is 1.15. The van der Waals surface area contributed by atoms with Gasteiger partial charge in [-0.15, -0.1) is 0 Å². The Hall–Kier alpha value is -4.08. The number of amides is 2. The molecule has 1 atom stereocenters. The van der Waals surface area contributed by atoms with E-state index in [1.165, 1.54) is 24.1 Å². The second-order valence-corrected chi connectivity index (χ2v) is 8.30. The maximum atomic E-state index is 13.9. The lowest BCUT2D eigenvalue weighted by Gasteiger charge is -2.28. The van der Waals surface area contributed by atoms with Crippen molar-refractivity contribution in [3.8, 4) is 0 Å². The topological polar surface area (TPSA) is 109 Å². The van der Waals surface area contributed by atoms with Crippen molar-refractivity contribution < 1.29 is 33.0 Å². The predicted octanol–water partition coefficient (Wildman–Crippen LogP) is 4.78. The van der Waals surface area contributed by atoms with Crippen molar-refractivity contribution in [1.82, 2.24) is 9.88 Å². The zero-order valence-corrected chi connectivity index (χ0v) is 19.7. The number of carbonyl (C=O) groups excluding carboxylic acids is 2. The number of hydrogen-bond donors (Lipinski definition) is 2. The number of hydrogen-bond acceptors (Lipinski definition) is 5. The highest BCUT2D eigenvalue weighted by Gasteiger charge is 2.22. The highest BCUT2D eigenvalue weighted by Crippen LogP contribution is 2.18. The molecule has 0 aliphatic rings. The summed E-state index contributed by atoms with van der Waals surface area (Å²) >= 11 is 0. The van der Waals surface area contributed by atoms with Crippen LogP contribution in [-0.2, 0) is 20.7 Å². The van der Waals surface area contributed by atoms with Crippen molar-refractivity contribution in [2.24, 2.45) is 0 Å². The first kappa shape index (κ1) is 26.5. The summed E-state index contributed by atoms with van der Waals surface area (Å²) in [5.74, 6) is -3.04. The molecule has 0 spiro atoms. The van der Waals surface area contributed by atoms with Gasteiger partial charge in [0.1, 0.15) is 12.4 Å². The van der Waals surface area contributed by atoms with E-state index in [-0.39, 0.29) is 50.2 Å². The summed E-state index contributed by atoms with van der Waals surface area (Å²) in [6, 6.07) is 12.4. The predicted molar refractivity (Wildman–Crippen MR) is 129 cm³/mol. The van der Waals surface area contributed by atoms with Crippen molar-refractivity contribution in [2.75, 3.05) is 19.0 Å². The van der Waals surface area contributed by atoms with Crippen LogP contribution >= 0.6 is 0 Å². The zero-order chi connectivity index (χ0) is 26.1. The Morgan fingerprint density at radius 1 is 1.08 bits per heavy atom. The molecule has 0 saturated heterocycles. The summed E-state index contributed by atoms with van der Waals surface area (Å²) in [5, 5.41) is 13.3. The zero-order valence-electron chi connectivity index (χ0n) is 19.7. The molecule has 2 N–H and O–H groups in total. The van der Waals surface area contributed by atoms with E-state index in [1.54, 1.807) is 12.3 Å². The minimum absolute atomic E-state index is 0.0103. The van der Waals surface area contributed by atoms with Gasteiger partial charge in [0.05, 0.1) is 6.04 Å². The van der Waals surface area contributed by atoms with Crippen LogP contribution in [-0.4, -0.2) is 52.7 Å². The van der Waals surface area contributed by atoms with Crippen LogP contribution < -0.4 is 5.32 Å². The second kappa shape index (κ2) is 12.6. The lowest BCUT2D eigenvalue weighted by Crippen LogP contribution is -2.41. The van der Waals surface area contributed by atoms with Gasteiger partial charge in [-0.1, -0.05) is 36.4 Å². The second-order valence-electron chi connectivity index (χ2n) is 8.30. The highest BCUT2D eigenvalue weighted by molar-refractivity contribution is 5.89. The molecule has 0 unspecified atom stereocenters. The summed E-state index contributed by atoms with van der Waals surface area (Å²) in [7, 11) is 1.50. The molecule has 0 saturated carbocycles. The molecule has 0 bridgehead atoms. The van der Waals surface area contributed by atoms with Crippen molar-refractivity contribution in [1.29, 1.82) is 0 Å². The Kier molecular flexibility index (Phi) is 9.26. The number of pyridine rings is 1. The number of anilines is 1. The lowest BCUT2D eigenvalue weighted by atomic mass is 10.1. The molecule has 10 heteroatoms. The molecule has 1 aromatic heterocycles. The van der Waals surface area contributed by atoms with Crippen LogP contribution in [0.15, 0.2) is 54.7 Å². The van der Waals surface area contributed by atoms with Crippen LogP contribution in [0.25, 0.3) is 10.8 Å². The van der Waals surface area contributed by atoms with Gasteiger partial charge in [0.2, 0.25) is 5.91 Å². The maximum Gasteiger partial charge on any atom is 0.412 e. The van der Waals surface area contributed by atoms with Crippen LogP contribution in [0.5, 0.6) is 0 Å². The van der Waals surface area contributed by atoms with Gasteiger partial charge in [0.25, 0.3) is 0 Å². The number of aromatic nitrogens is 1. The number of fused-ring (bicyclic) bond motifs is 1. The number of ether oxygens (including phenoxy) is 1. The quantitative estimate of drug-likeness (QED) is 0.393. The third-order valence-electron chi connectivity index (χ3n) is 5.78. The maximum absolute atomic E-state index is 13.9. The number of rotatable bonds is 11. The molecule has 3 aromatic rings. The van der Waals surface area contributed by atoms with Crippen LogP contribution in [0.1, 0.15) is 31.2 Å². The van der Waals surface area contributed by atoms with Gasteiger partial charge in [-0.25, -0.2) is 18.6 Å². The largest absolute Gasteiger partial charge is 0.481 e.